The molecule has 0 aliphatic carbocycles. The van der Waals surface area contributed by atoms with Crippen molar-refractivity contribution in [3.05, 3.63) is 49.1 Å². The molecule has 1 aliphatic heterocycles. The zero-order chi connectivity index (χ0) is 25.8. The second-order valence-electron chi connectivity index (χ2n) is 8.25. The highest BCUT2D eigenvalue weighted by Gasteiger charge is 2.17. The molecule has 0 fully saturated rings. The number of aliphatic hydroxyl groups is 1. The van der Waals surface area contributed by atoms with E-state index >= 15 is 0 Å². The third-order valence-corrected chi connectivity index (χ3v) is 5.70. The molecule has 0 saturated carbocycles. The van der Waals surface area contributed by atoms with Gasteiger partial charge in [0.25, 0.3) is 0 Å². The molecule has 4 aromatic rings. The number of ether oxygens (including phenoxy) is 4. The second kappa shape index (κ2) is 10.6. The minimum absolute atomic E-state index is 0.00882. The van der Waals surface area contributed by atoms with E-state index in [0.717, 1.165) is 18.0 Å². The van der Waals surface area contributed by atoms with Crippen LogP contribution in [0, 0.1) is 0 Å². The molecule has 0 unspecified atom stereocenters. The van der Waals surface area contributed by atoms with Crippen molar-refractivity contribution in [1.82, 2.24) is 19.7 Å². The molecule has 0 spiro atoms. The number of hydrogen-bond donors (Lipinski definition) is 2. The maximum atomic E-state index is 12.6. The summed E-state index contributed by atoms with van der Waals surface area (Å²) < 4.78 is 24.0. The SMILES string of the molecule is COc1cc2c(Oc3cnn(CC(=O)Nc4ccc5c(c4)OCCN5C)c3)ncnc2cc1OCCO. The van der Waals surface area contributed by atoms with Crippen molar-refractivity contribution in [3.8, 4) is 28.9 Å². The molecule has 0 saturated heterocycles. The van der Waals surface area contributed by atoms with Crippen LogP contribution in [0.5, 0.6) is 28.9 Å². The number of amides is 1. The highest BCUT2D eigenvalue weighted by Crippen LogP contribution is 2.36. The van der Waals surface area contributed by atoms with E-state index in [1.54, 1.807) is 18.3 Å². The molecule has 1 aliphatic rings. The largest absolute Gasteiger partial charge is 0.493 e. The van der Waals surface area contributed by atoms with Gasteiger partial charge in [0.15, 0.2) is 17.2 Å². The number of carbonyl (C=O) groups is 1. The van der Waals surface area contributed by atoms with Gasteiger partial charge in [-0.2, -0.15) is 5.10 Å². The standard InChI is InChI=1S/C25H26N6O6/c1-30-5-7-35-21-9-16(3-4-20(21)30)29-24(33)14-31-13-17(12-28-31)37-25-18-10-22(34-2)23(36-8-6-32)11-19(18)26-15-27-25/h3-4,9-13,15,32H,5-8,14H2,1-2H3,(H,29,33). The smallest absolute Gasteiger partial charge is 0.246 e. The van der Waals surface area contributed by atoms with E-state index < -0.39 is 0 Å². The van der Waals surface area contributed by atoms with Gasteiger partial charge in [-0.3, -0.25) is 9.48 Å². The first kappa shape index (κ1) is 24.1. The van der Waals surface area contributed by atoms with Gasteiger partial charge in [-0.1, -0.05) is 0 Å². The van der Waals surface area contributed by atoms with Crippen LogP contribution in [0.3, 0.4) is 0 Å². The van der Waals surface area contributed by atoms with Crippen LogP contribution in [-0.4, -0.2) is 71.3 Å². The molecular formula is C25H26N6O6. The number of aromatic nitrogens is 4. The van der Waals surface area contributed by atoms with E-state index in [4.69, 9.17) is 24.1 Å². The molecule has 5 rings (SSSR count). The summed E-state index contributed by atoms with van der Waals surface area (Å²) in [6.45, 7) is 1.41. The fourth-order valence-corrected chi connectivity index (χ4v) is 3.93. The average Bonchev–Trinajstić information content (AvgIpc) is 3.33. The average molecular weight is 507 g/mol. The van der Waals surface area contributed by atoms with Crippen LogP contribution >= 0.6 is 0 Å². The maximum absolute atomic E-state index is 12.6. The minimum atomic E-state index is -0.244. The molecule has 12 nitrogen and oxygen atoms in total. The highest BCUT2D eigenvalue weighted by molar-refractivity contribution is 5.91. The molecule has 2 aromatic heterocycles. The fourth-order valence-electron chi connectivity index (χ4n) is 3.93. The van der Waals surface area contributed by atoms with Crippen molar-refractivity contribution in [1.29, 1.82) is 0 Å². The van der Waals surface area contributed by atoms with E-state index in [1.165, 1.54) is 24.3 Å². The van der Waals surface area contributed by atoms with Gasteiger partial charge in [-0.15, -0.1) is 0 Å². The molecule has 3 heterocycles. The first-order chi connectivity index (χ1) is 18.0. The van der Waals surface area contributed by atoms with Crippen LogP contribution < -0.4 is 29.2 Å². The van der Waals surface area contributed by atoms with Crippen molar-refractivity contribution < 1.29 is 28.8 Å². The van der Waals surface area contributed by atoms with Crippen molar-refractivity contribution in [2.24, 2.45) is 0 Å². The summed E-state index contributed by atoms with van der Waals surface area (Å²) in [6, 6.07) is 8.97. The summed E-state index contributed by atoms with van der Waals surface area (Å²) in [5.41, 5.74) is 2.21. The lowest BCUT2D eigenvalue weighted by molar-refractivity contribution is -0.116. The minimum Gasteiger partial charge on any atom is -0.493 e. The van der Waals surface area contributed by atoms with E-state index in [1.807, 2.05) is 25.2 Å². The van der Waals surface area contributed by atoms with E-state index in [-0.39, 0.29) is 25.7 Å². The Balaban J connectivity index is 1.27. The summed E-state index contributed by atoms with van der Waals surface area (Å²) in [4.78, 5) is 23.2. The number of aliphatic hydroxyl groups excluding tert-OH is 1. The summed E-state index contributed by atoms with van der Waals surface area (Å²) >= 11 is 0. The van der Waals surface area contributed by atoms with Gasteiger partial charge >= 0.3 is 0 Å². The molecule has 192 valence electrons. The lowest BCUT2D eigenvalue weighted by Gasteiger charge is -2.27. The van der Waals surface area contributed by atoms with Gasteiger partial charge in [0.2, 0.25) is 11.8 Å². The summed E-state index contributed by atoms with van der Waals surface area (Å²) in [5.74, 6) is 2.09. The topological polar surface area (TPSA) is 133 Å². The van der Waals surface area contributed by atoms with E-state index in [2.05, 4.69) is 25.3 Å². The van der Waals surface area contributed by atoms with Gasteiger partial charge in [-0.25, -0.2) is 9.97 Å². The maximum Gasteiger partial charge on any atom is 0.246 e. The number of carbonyl (C=O) groups excluding carboxylic acids is 1. The quantitative estimate of drug-likeness (QED) is 0.349. The summed E-state index contributed by atoms with van der Waals surface area (Å²) in [5, 5.41) is 16.7. The first-order valence-electron chi connectivity index (χ1n) is 11.6. The lowest BCUT2D eigenvalue weighted by atomic mass is 10.2. The second-order valence-corrected chi connectivity index (χ2v) is 8.25. The van der Waals surface area contributed by atoms with Crippen LogP contribution in [0.25, 0.3) is 10.9 Å². The zero-order valence-corrected chi connectivity index (χ0v) is 20.4. The zero-order valence-electron chi connectivity index (χ0n) is 20.4. The third-order valence-electron chi connectivity index (χ3n) is 5.70. The molecule has 37 heavy (non-hydrogen) atoms. The number of anilines is 2. The molecule has 1 amide bonds. The number of likely N-dealkylation sites (N-methyl/N-ethyl adjacent to an activating group) is 1. The number of benzene rings is 2. The van der Waals surface area contributed by atoms with E-state index in [0.29, 0.717) is 46.3 Å². The van der Waals surface area contributed by atoms with Crippen LogP contribution in [-0.2, 0) is 11.3 Å². The predicted molar refractivity (Wildman–Crippen MR) is 135 cm³/mol. The number of methoxy groups -OCH3 is 1. The Kier molecular flexibility index (Phi) is 6.90. The van der Waals surface area contributed by atoms with Crippen LogP contribution in [0.2, 0.25) is 0 Å². The Hall–Kier alpha value is -4.58. The lowest BCUT2D eigenvalue weighted by Crippen LogP contribution is -2.28. The van der Waals surface area contributed by atoms with Crippen LogP contribution in [0.4, 0.5) is 11.4 Å². The Morgan fingerprint density at radius 2 is 2.11 bits per heavy atom. The normalized spacial score (nSPS) is 12.6. The molecule has 0 bridgehead atoms. The highest BCUT2D eigenvalue weighted by atomic mass is 16.5. The first-order valence-corrected chi connectivity index (χ1v) is 11.6. The van der Waals surface area contributed by atoms with Gasteiger partial charge < -0.3 is 34.3 Å². The monoisotopic (exact) mass is 506 g/mol. The number of nitrogens with one attached hydrogen (secondary N) is 1. The van der Waals surface area contributed by atoms with Gasteiger partial charge in [-0.05, 0) is 18.2 Å². The fraction of sp³-hybridized carbons (Fsp3) is 0.280. The summed E-state index contributed by atoms with van der Waals surface area (Å²) in [7, 11) is 3.52. The predicted octanol–water partition coefficient (Wildman–Crippen LogP) is 2.47. The number of fused-ring (bicyclic) bond motifs is 2. The molecule has 2 N–H and O–H groups in total. The number of hydrogen-bond acceptors (Lipinski definition) is 10. The molecule has 0 atom stereocenters. The van der Waals surface area contributed by atoms with Crippen LogP contribution in [0.15, 0.2) is 49.1 Å². The van der Waals surface area contributed by atoms with Crippen molar-refractivity contribution >= 4 is 28.2 Å². The summed E-state index contributed by atoms with van der Waals surface area (Å²) in [6.07, 6.45) is 4.48. The van der Waals surface area contributed by atoms with Gasteiger partial charge in [0.1, 0.15) is 31.8 Å². The Labute approximate surface area is 212 Å². The Morgan fingerprint density at radius 3 is 2.95 bits per heavy atom. The van der Waals surface area contributed by atoms with Crippen molar-refractivity contribution in [3.63, 3.8) is 0 Å². The molecule has 0 radical (unpaired) electrons. The van der Waals surface area contributed by atoms with Gasteiger partial charge in [0.05, 0.1) is 49.2 Å². The molecule has 12 heteroatoms. The number of nitrogens with zero attached hydrogens (tertiary/aromatic N) is 5. The van der Waals surface area contributed by atoms with Crippen LogP contribution in [0.1, 0.15) is 0 Å². The van der Waals surface area contributed by atoms with Crippen molar-refractivity contribution in [2.75, 3.05) is 50.7 Å². The third kappa shape index (κ3) is 5.33. The van der Waals surface area contributed by atoms with E-state index in [9.17, 15) is 4.79 Å². The number of rotatable bonds is 9. The van der Waals surface area contributed by atoms with Crippen molar-refractivity contribution in [2.45, 2.75) is 6.54 Å². The van der Waals surface area contributed by atoms with Gasteiger partial charge in [0, 0.05) is 24.9 Å². The Bertz CT molecular complexity index is 1420. The molecular weight excluding hydrogens is 480 g/mol. The molecule has 2 aromatic carbocycles. The Morgan fingerprint density at radius 1 is 1.22 bits per heavy atom.